The Morgan fingerprint density at radius 1 is 1.57 bits per heavy atom. The molecule has 1 fully saturated rings. The van der Waals surface area contributed by atoms with E-state index in [9.17, 15) is 4.79 Å². The Balaban J connectivity index is 2.00. The smallest absolute Gasteiger partial charge is 0.407 e. The van der Waals surface area contributed by atoms with Gasteiger partial charge < -0.3 is 19.9 Å². The summed E-state index contributed by atoms with van der Waals surface area (Å²) in [5, 5.41) is 1.04. The van der Waals surface area contributed by atoms with Crippen LogP contribution in [0.5, 0.6) is 0 Å². The topological polar surface area (TPSA) is 57.4 Å². The van der Waals surface area contributed by atoms with Gasteiger partial charge in [0, 0.05) is 26.4 Å². The van der Waals surface area contributed by atoms with Gasteiger partial charge in [0.05, 0.1) is 8.78 Å². The number of alkyl carbamates (subject to hydrolysis) is 1. The molecule has 2 aromatic rings. The Bertz CT molecular complexity index is 882. The lowest BCUT2D eigenvalue weighted by Gasteiger charge is -2.09. The number of amides is 1. The first kappa shape index (κ1) is 8.44. The Morgan fingerprint density at radius 3 is 3.14 bits per heavy atom. The summed E-state index contributed by atoms with van der Waals surface area (Å²) in [6, 6.07) is 3.93. The molecule has 5 heteroatoms. The van der Waals surface area contributed by atoms with Crippen molar-refractivity contribution in [3.8, 4) is 0 Å². The molecule has 0 unspecified atom stereocenters. The summed E-state index contributed by atoms with van der Waals surface area (Å²) in [6.07, 6.45) is -1.24. The lowest BCUT2D eigenvalue weighted by atomic mass is 10.0. The molecule has 2 heterocycles. The van der Waals surface area contributed by atoms with Gasteiger partial charge in [-0.3, -0.25) is 0 Å². The maximum absolute atomic E-state index is 11.5. The summed E-state index contributed by atoms with van der Waals surface area (Å²) in [5.74, 6) is 0. The molecule has 1 saturated heterocycles. The highest BCUT2D eigenvalue weighted by Gasteiger charge is 2.22. The summed E-state index contributed by atoms with van der Waals surface area (Å²) in [4.78, 5) is 14.3. The molecule has 1 amide bonds. The van der Waals surface area contributed by atoms with E-state index >= 15 is 0 Å². The van der Waals surface area contributed by atoms with E-state index in [0.29, 0.717) is 27.3 Å². The van der Waals surface area contributed by atoms with Crippen molar-refractivity contribution >= 4 is 17.0 Å². The van der Waals surface area contributed by atoms with Crippen molar-refractivity contribution in [1.82, 2.24) is 15.2 Å². The van der Waals surface area contributed by atoms with E-state index in [1.807, 2.05) is 0 Å². The number of fused-ring (bicyclic) bond motifs is 1. The van der Waals surface area contributed by atoms with Crippen LogP contribution in [0.25, 0.3) is 10.9 Å². The second-order valence-electron chi connectivity index (χ2n) is 5.27. The summed E-state index contributed by atoms with van der Waals surface area (Å²) in [6.45, 7) is -2.14. The summed E-state index contributed by atoms with van der Waals surface area (Å²) in [7, 11) is 3.54. The van der Waals surface area contributed by atoms with E-state index in [4.69, 9.17) is 8.31 Å². The number of nitrogens with one attached hydrogen (secondary N) is 2. The van der Waals surface area contributed by atoms with Crippen molar-refractivity contribution < 1.29 is 17.8 Å². The third-order valence-electron chi connectivity index (χ3n) is 3.24. The average molecular weight is 293 g/mol. The number of carbonyl (C=O) groups excluding carboxylic acids is 1. The highest BCUT2D eigenvalue weighted by atomic mass is 16.6. The van der Waals surface area contributed by atoms with E-state index in [2.05, 4.69) is 4.74 Å². The zero-order chi connectivity index (χ0) is 20.1. The number of hydrogen-bond acceptors (Lipinski definition) is 3. The molecular weight excluding hydrogens is 266 g/mol. The van der Waals surface area contributed by atoms with Crippen LogP contribution in [0.4, 0.5) is 4.79 Å². The summed E-state index contributed by atoms with van der Waals surface area (Å²) >= 11 is 0. The van der Waals surface area contributed by atoms with Crippen molar-refractivity contribution in [3.63, 3.8) is 0 Å². The molecule has 0 spiro atoms. The molecule has 0 radical (unpaired) electrons. The number of carbonyl (C=O) groups is 1. The van der Waals surface area contributed by atoms with Gasteiger partial charge in [0.15, 0.2) is 2.82 Å². The fourth-order valence-electron chi connectivity index (χ4n) is 2.24. The van der Waals surface area contributed by atoms with Crippen molar-refractivity contribution in [1.29, 1.82) is 0 Å². The number of likely N-dealkylation sites (N-methyl/N-ethyl adjacent to an activating group) is 1. The number of cyclic esters (lactones) is 1. The molecule has 1 aromatic heterocycles. The number of aromatic amines is 1. The van der Waals surface area contributed by atoms with Gasteiger partial charge in [0.1, 0.15) is 6.56 Å². The van der Waals surface area contributed by atoms with Gasteiger partial charge in [-0.05, 0) is 50.1 Å². The van der Waals surface area contributed by atoms with Crippen LogP contribution in [-0.2, 0) is 17.5 Å². The van der Waals surface area contributed by atoms with Crippen molar-refractivity contribution in [2.24, 2.45) is 0 Å². The SMILES string of the molecule is [2H]N1C(=O)OC([2H])([2H])[C@@H]1Cc1ccc2c(c1)c(C([2H])([2H])CN(C)C)cn2[2H]. The van der Waals surface area contributed by atoms with Gasteiger partial charge in [-0.1, -0.05) is 6.07 Å². The van der Waals surface area contributed by atoms with Crippen LogP contribution in [0.15, 0.2) is 24.4 Å². The average Bonchev–Trinajstić information content (AvgIpc) is 2.96. The van der Waals surface area contributed by atoms with Crippen LogP contribution in [0.1, 0.15) is 16.6 Å². The molecule has 21 heavy (non-hydrogen) atoms. The van der Waals surface area contributed by atoms with Gasteiger partial charge in [-0.15, -0.1) is 0 Å². The highest BCUT2D eigenvalue weighted by Crippen LogP contribution is 2.21. The van der Waals surface area contributed by atoms with Crippen molar-refractivity contribution in [2.45, 2.75) is 18.8 Å². The van der Waals surface area contributed by atoms with Crippen molar-refractivity contribution in [3.05, 3.63) is 35.5 Å². The van der Waals surface area contributed by atoms with Crippen molar-refractivity contribution in [2.75, 3.05) is 27.2 Å². The first-order valence-electron chi connectivity index (χ1n) is 9.61. The number of nitrogens with zero attached hydrogens (tertiary/aromatic N) is 1. The molecule has 1 atom stereocenters. The number of rotatable bonds is 5. The van der Waals surface area contributed by atoms with E-state index < -0.39 is 25.1 Å². The quantitative estimate of drug-likeness (QED) is 0.885. The fraction of sp³-hybridized carbons (Fsp3) is 0.438. The highest BCUT2D eigenvalue weighted by molar-refractivity contribution is 5.84. The molecule has 5 nitrogen and oxygen atoms in total. The minimum absolute atomic E-state index is 0.0392. The second-order valence-corrected chi connectivity index (χ2v) is 5.27. The third-order valence-corrected chi connectivity index (χ3v) is 3.24. The fourth-order valence-corrected chi connectivity index (χ4v) is 2.24. The van der Waals surface area contributed by atoms with Crippen LogP contribution < -0.4 is 5.31 Å². The second kappa shape index (κ2) is 5.77. The molecular formula is C16H21N3O2. The predicted molar refractivity (Wildman–Crippen MR) is 82.5 cm³/mol. The number of benzene rings is 1. The Kier molecular flexibility index (Phi) is 2.32. The van der Waals surface area contributed by atoms with Gasteiger partial charge in [0.2, 0.25) is 0 Å². The van der Waals surface area contributed by atoms with Crippen LogP contribution in [-0.4, -0.2) is 49.2 Å². The largest absolute Gasteiger partial charge is 0.447 e. The van der Waals surface area contributed by atoms with Crippen LogP contribution >= 0.6 is 0 Å². The van der Waals surface area contributed by atoms with E-state index in [0.717, 1.165) is 4.98 Å². The van der Waals surface area contributed by atoms with Gasteiger partial charge >= 0.3 is 6.09 Å². The Hall–Kier alpha value is -2.01. The van der Waals surface area contributed by atoms with Gasteiger partial charge in [-0.2, -0.15) is 0 Å². The van der Waals surface area contributed by atoms with E-state index in [1.165, 1.54) is 6.20 Å². The molecule has 0 saturated carbocycles. The predicted octanol–water partition coefficient (Wildman–Crippen LogP) is 1.92. The zero-order valence-electron chi connectivity index (χ0n) is 18.0. The molecule has 0 bridgehead atoms. The maximum Gasteiger partial charge on any atom is 0.407 e. The molecule has 112 valence electrons. The number of ether oxygens (including phenoxy) is 1. The summed E-state index contributed by atoms with van der Waals surface area (Å²) in [5.41, 5.74) is 1.52. The zero-order valence-corrected chi connectivity index (χ0v) is 12.0. The lowest BCUT2D eigenvalue weighted by molar-refractivity contribution is 0.177. The minimum atomic E-state index is -2.28. The molecule has 1 aliphatic rings. The normalized spacial score (nSPS) is 26.0. The van der Waals surface area contributed by atoms with Gasteiger partial charge in [-0.25, -0.2) is 4.79 Å². The van der Waals surface area contributed by atoms with Crippen LogP contribution in [0, 0.1) is 0 Å². The molecule has 2 N–H and O–H groups in total. The Labute approximate surface area is 132 Å². The standard InChI is InChI=1S/C16H21N3O2/c1-19(2)6-5-12-9-17-15-4-3-11(8-14(12)15)7-13-10-21-16(20)18-13/h3-4,8-9,13,17H,5-7,10H2,1-2H3,(H,18,20)/t13-/m0/s1/i5D2,10D2/hD2. The van der Waals surface area contributed by atoms with Gasteiger partial charge in [0.25, 0.3) is 0 Å². The van der Waals surface area contributed by atoms with Crippen LogP contribution in [0.3, 0.4) is 0 Å². The Morgan fingerprint density at radius 2 is 2.43 bits per heavy atom. The van der Waals surface area contributed by atoms with Crippen LogP contribution in [0.2, 0.25) is 2.82 Å². The first-order chi connectivity index (χ1) is 12.4. The number of hydrogen-bond donors (Lipinski definition) is 2. The molecule has 3 rings (SSSR count). The number of aromatic nitrogens is 1. The molecule has 0 aliphatic carbocycles. The molecule has 1 aliphatic heterocycles. The molecule has 1 aromatic carbocycles. The number of H-pyrrole nitrogens is 1. The minimum Gasteiger partial charge on any atom is -0.447 e. The lowest BCUT2D eigenvalue weighted by Crippen LogP contribution is -2.28. The summed E-state index contributed by atoms with van der Waals surface area (Å²) < 4.78 is 52.7. The van der Waals surface area contributed by atoms with E-state index in [-0.39, 0.29) is 13.0 Å². The third kappa shape index (κ3) is 3.19. The first-order valence-corrected chi connectivity index (χ1v) is 6.72. The monoisotopic (exact) mass is 293 g/mol. The maximum atomic E-state index is 11.5. The van der Waals surface area contributed by atoms with E-state index in [1.54, 1.807) is 37.2 Å².